The molecular weight excluding hydrogens is 298 g/mol. The number of nitrogens with zero attached hydrogens (tertiary/aromatic N) is 4. The molecule has 0 aromatic heterocycles. The Hall–Kier alpha value is -0.200. The SMILES string of the molecule is CCN1CCN(C2CNCCC2CN(C)C2CCN(C)CC2)CC1. The minimum atomic E-state index is 0.742. The molecule has 0 saturated carbocycles. The molecule has 5 nitrogen and oxygen atoms in total. The van der Waals surface area contributed by atoms with Gasteiger partial charge < -0.3 is 20.0 Å². The van der Waals surface area contributed by atoms with Crippen molar-refractivity contribution in [3.8, 4) is 0 Å². The van der Waals surface area contributed by atoms with E-state index in [-0.39, 0.29) is 0 Å². The molecule has 2 atom stereocenters. The molecule has 0 spiro atoms. The van der Waals surface area contributed by atoms with Crippen LogP contribution in [0.3, 0.4) is 0 Å². The molecule has 24 heavy (non-hydrogen) atoms. The number of likely N-dealkylation sites (N-methyl/N-ethyl adjacent to an activating group) is 1. The highest BCUT2D eigenvalue weighted by molar-refractivity contribution is 4.90. The van der Waals surface area contributed by atoms with E-state index in [0.717, 1.165) is 18.0 Å². The first kappa shape index (κ1) is 18.6. The summed E-state index contributed by atoms with van der Waals surface area (Å²) in [7, 11) is 4.64. The number of likely N-dealkylation sites (tertiary alicyclic amines) is 1. The second-order valence-electron chi connectivity index (χ2n) is 8.26. The van der Waals surface area contributed by atoms with Gasteiger partial charge in [0.05, 0.1) is 0 Å². The lowest BCUT2D eigenvalue weighted by Crippen LogP contribution is -2.59. The fraction of sp³-hybridized carbons (Fsp3) is 1.00. The molecule has 0 aromatic carbocycles. The van der Waals surface area contributed by atoms with Crippen molar-refractivity contribution in [2.45, 2.75) is 38.3 Å². The van der Waals surface area contributed by atoms with Crippen LogP contribution in [-0.2, 0) is 0 Å². The topological polar surface area (TPSA) is 25.0 Å². The molecular formula is C19H39N5. The van der Waals surface area contributed by atoms with Gasteiger partial charge in [-0.3, -0.25) is 4.90 Å². The number of nitrogens with one attached hydrogen (secondary N) is 1. The fourth-order valence-electron chi connectivity index (χ4n) is 4.90. The van der Waals surface area contributed by atoms with Crippen LogP contribution in [0.5, 0.6) is 0 Å². The molecule has 140 valence electrons. The Bertz CT molecular complexity index is 361. The van der Waals surface area contributed by atoms with E-state index in [9.17, 15) is 0 Å². The van der Waals surface area contributed by atoms with Crippen molar-refractivity contribution >= 4 is 0 Å². The third-order valence-electron chi connectivity index (χ3n) is 6.75. The summed E-state index contributed by atoms with van der Waals surface area (Å²) in [5, 5.41) is 3.67. The van der Waals surface area contributed by atoms with Crippen molar-refractivity contribution in [3.05, 3.63) is 0 Å². The molecule has 0 aromatic rings. The molecule has 3 aliphatic rings. The first-order valence-electron chi connectivity index (χ1n) is 10.2. The zero-order valence-corrected chi connectivity index (χ0v) is 16.2. The van der Waals surface area contributed by atoms with E-state index >= 15 is 0 Å². The highest BCUT2D eigenvalue weighted by Gasteiger charge is 2.33. The Labute approximate surface area is 149 Å². The quantitative estimate of drug-likeness (QED) is 0.793. The van der Waals surface area contributed by atoms with E-state index in [1.165, 1.54) is 84.7 Å². The molecule has 3 fully saturated rings. The Morgan fingerprint density at radius 1 is 1.00 bits per heavy atom. The van der Waals surface area contributed by atoms with Gasteiger partial charge in [-0.15, -0.1) is 0 Å². The van der Waals surface area contributed by atoms with Crippen LogP contribution in [-0.4, -0.2) is 111 Å². The Morgan fingerprint density at radius 3 is 2.38 bits per heavy atom. The van der Waals surface area contributed by atoms with Crippen molar-refractivity contribution in [2.75, 3.05) is 79.5 Å². The van der Waals surface area contributed by atoms with Crippen molar-refractivity contribution in [3.63, 3.8) is 0 Å². The van der Waals surface area contributed by atoms with Crippen LogP contribution in [0.25, 0.3) is 0 Å². The van der Waals surface area contributed by atoms with E-state index < -0.39 is 0 Å². The van der Waals surface area contributed by atoms with Crippen LogP contribution in [0.1, 0.15) is 26.2 Å². The maximum absolute atomic E-state index is 3.67. The van der Waals surface area contributed by atoms with Crippen molar-refractivity contribution in [1.82, 2.24) is 24.9 Å². The molecule has 0 amide bonds. The van der Waals surface area contributed by atoms with E-state index in [0.29, 0.717) is 0 Å². The highest BCUT2D eigenvalue weighted by atomic mass is 15.3. The van der Waals surface area contributed by atoms with Crippen LogP contribution in [0.15, 0.2) is 0 Å². The molecule has 3 saturated heterocycles. The van der Waals surface area contributed by atoms with Gasteiger partial charge >= 0.3 is 0 Å². The second kappa shape index (κ2) is 8.95. The smallest absolute Gasteiger partial charge is 0.0262 e. The maximum atomic E-state index is 3.67. The molecule has 0 radical (unpaired) electrons. The van der Waals surface area contributed by atoms with Gasteiger partial charge in [0, 0.05) is 51.4 Å². The average molecular weight is 338 g/mol. The van der Waals surface area contributed by atoms with Gasteiger partial charge in [-0.05, 0) is 65.5 Å². The minimum absolute atomic E-state index is 0.742. The first-order chi connectivity index (χ1) is 11.7. The molecule has 3 aliphatic heterocycles. The Balaban J connectivity index is 1.52. The normalized spacial score (nSPS) is 32.5. The van der Waals surface area contributed by atoms with Crippen LogP contribution in [0.2, 0.25) is 0 Å². The second-order valence-corrected chi connectivity index (χ2v) is 8.26. The van der Waals surface area contributed by atoms with Gasteiger partial charge in [0.1, 0.15) is 0 Å². The monoisotopic (exact) mass is 337 g/mol. The maximum Gasteiger partial charge on any atom is 0.0262 e. The van der Waals surface area contributed by atoms with Gasteiger partial charge in [-0.1, -0.05) is 6.92 Å². The van der Waals surface area contributed by atoms with Gasteiger partial charge in [-0.25, -0.2) is 0 Å². The van der Waals surface area contributed by atoms with Crippen LogP contribution in [0.4, 0.5) is 0 Å². The van der Waals surface area contributed by atoms with Gasteiger partial charge in [-0.2, -0.15) is 0 Å². The van der Waals surface area contributed by atoms with Crippen molar-refractivity contribution < 1.29 is 0 Å². The van der Waals surface area contributed by atoms with Gasteiger partial charge in [0.15, 0.2) is 0 Å². The lowest BCUT2D eigenvalue weighted by molar-refractivity contribution is 0.0371. The number of rotatable bonds is 5. The molecule has 0 bridgehead atoms. The summed E-state index contributed by atoms with van der Waals surface area (Å²) in [5.74, 6) is 0.837. The summed E-state index contributed by atoms with van der Waals surface area (Å²) in [6.07, 6.45) is 4.03. The summed E-state index contributed by atoms with van der Waals surface area (Å²) in [6, 6.07) is 1.54. The third kappa shape index (κ3) is 4.70. The van der Waals surface area contributed by atoms with Crippen LogP contribution in [0, 0.1) is 5.92 Å². The van der Waals surface area contributed by atoms with E-state index in [1.54, 1.807) is 0 Å². The fourth-order valence-corrected chi connectivity index (χ4v) is 4.90. The van der Waals surface area contributed by atoms with Gasteiger partial charge in [0.2, 0.25) is 0 Å². The Kier molecular flexibility index (Phi) is 6.93. The Morgan fingerprint density at radius 2 is 1.71 bits per heavy atom. The predicted molar refractivity (Wildman–Crippen MR) is 102 cm³/mol. The zero-order valence-electron chi connectivity index (χ0n) is 16.2. The van der Waals surface area contributed by atoms with E-state index in [4.69, 9.17) is 0 Å². The highest BCUT2D eigenvalue weighted by Crippen LogP contribution is 2.23. The minimum Gasteiger partial charge on any atom is -0.315 e. The van der Waals surface area contributed by atoms with E-state index in [2.05, 4.69) is 45.9 Å². The van der Waals surface area contributed by atoms with E-state index in [1.807, 2.05) is 0 Å². The van der Waals surface area contributed by atoms with Crippen molar-refractivity contribution in [1.29, 1.82) is 0 Å². The molecule has 5 heteroatoms. The predicted octanol–water partition coefficient (Wildman–Crippen LogP) is 0.628. The zero-order chi connectivity index (χ0) is 16.9. The van der Waals surface area contributed by atoms with Crippen LogP contribution < -0.4 is 5.32 Å². The molecule has 2 unspecified atom stereocenters. The number of hydrogen-bond donors (Lipinski definition) is 1. The summed E-state index contributed by atoms with van der Waals surface area (Å²) >= 11 is 0. The summed E-state index contributed by atoms with van der Waals surface area (Å²) in [5.41, 5.74) is 0. The largest absolute Gasteiger partial charge is 0.315 e. The summed E-state index contributed by atoms with van der Waals surface area (Å²) in [6.45, 7) is 14.7. The average Bonchev–Trinajstić information content (AvgIpc) is 2.63. The lowest BCUT2D eigenvalue weighted by atomic mass is 9.89. The molecule has 1 N–H and O–H groups in total. The molecule has 3 rings (SSSR count). The molecule has 0 aliphatic carbocycles. The number of piperazine rings is 1. The standard InChI is InChI=1S/C19H39N5/c1-4-23-11-13-24(14-12-23)19-15-20-8-5-17(19)16-22(3)18-6-9-21(2)10-7-18/h17-20H,4-16H2,1-3H3. The summed E-state index contributed by atoms with van der Waals surface area (Å²) in [4.78, 5) is 10.5. The lowest BCUT2D eigenvalue weighted by Gasteiger charge is -2.46. The van der Waals surface area contributed by atoms with Crippen molar-refractivity contribution in [2.24, 2.45) is 5.92 Å². The summed E-state index contributed by atoms with van der Waals surface area (Å²) < 4.78 is 0. The van der Waals surface area contributed by atoms with Gasteiger partial charge in [0.25, 0.3) is 0 Å². The first-order valence-corrected chi connectivity index (χ1v) is 10.2. The number of hydrogen-bond acceptors (Lipinski definition) is 5. The number of piperidine rings is 2. The van der Waals surface area contributed by atoms with Crippen LogP contribution >= 0.6 is 0 Å². The third-order valence-corrected chi connectivity index (χ3v) is 6.75. The molecule has 3 heterocycles.